The molecule has 21 rings (SSSR count). The number of anilines is 9. The van der Waals surface area contributed by atoms with E-state index >= 15 is 0 Å². The fourth-order valence-electron chi connectivity index (χ4n) is 17.2. The minimum absolute atomic E-state index is 0.000506. The van der Waals surface area contributed by atoms with E-state index in [2.05, 4.69) is 66.1 Å². The molecule has 1 fully saturated rings. The summed E-state index contributed by atoms with van der Waals surface area (Å²) in [6, 6.07) is 46.1. The predicted octanol–water partition coefficient (Wildman–Crippen LogP) is 17.0. The Balaban J connectivity index is 0.000000112. The number of pyridine rings is 2. The molecule has 0 radical (unpaired) electrons. The number of ether oxygens (including phenoxy) is 1. The summed E-state index contributed by atoms with van der Waals surface area (Å²) in [6.45, 7) is 30.1. The first-order valence-electron chi connectivity index (χ1n) is 40.5. The van der Waals surface area contributed by atoms with E-state index in [1.807, 2.05) is 291 Å². The van der Waals surface area contributed by atoms with Crippen LogP contribution in [-0.2, 0) is 69.9 Å². The Bertz CT molecular complexity index is 6840. The monoisotopic (exact) mass is 1620 g/mol. The summed E-state index contributed by atoms with van der Waals surface area (Å²) in [5.41, 5.74) is 18.6. The molecule has 122 heavy (non-hydrogen) atoms. The van der Waals surface area contributed by atoms with Crippen LogP contribution in [0.15, 0.2) is 201 Å². The summed E-state index contributed by atoms with van der Waals surface area (Å²) >= 11 is 0. The quantitative estimate of drug-likeness (QED) is 0.140. The van der Waals surface area contributed by atoms with Crippen LogP contribution in [0.5, 0.6) is 0 Å². The van der Waals surface area contributed by atoms with Crippen molar-refractivity contribution in [3.05, 3.63) is 258 Å². The van der Waals surface area contributed by atoms with E-state index in [0.717, 1.165) is 168 Å². The van der Waals surface area contributed by atoms with Crippen molar-refractivity contribution in [3.8, 4) is 44.5 Å². The van der Waals surface area contributed by atoms with E-state index in [-0.39, 0.29) is 35.6 Å². The van der Waals surface area contributed by atoms with Crippen molar-refractivity contribution in [2.75, 3.05) is 37.7 Å². The average molecular weight is 1620 g/mol. The molecular formula is C96H90N20O6. The highest BCUT2D eigenvalue weighted by molar-refractivity contribution is 6.17. The molecule has 0 atom stereocenters. The molecular weight excluding hydrogens is 1530 g/mol. The maximum atomic E-state index is 13.8. The SMILES string of the molecule is Cc1ncc(-c2ccc3c(c2)N(c2ccc4c(C)nn(C)c4n2)C(=O)C3(C)C)cn1.Cc1ncc(-c2ccc3c(c2)N(c2ccc4c(c2)N(C2COC2)C(=O)C4(C)C)C(=O)C3(C)C)cn1.Cc1ncc(-c2ccc3c(c2)N(c2ccc4cc[nH]c4n2)C(=O)C3(C)C)cn1.Cc1ncc(-c2ccc3c(c2)N(c2ccc4cnn(C)c4c2)C(=O)C3(C)C)cn1. The minimum atomic E-state index is -0.673. The topological polar surface area (TPSA) is 291 Å². The van der Waals surface area contributed by atoms with Crippen LogP contribution in [0, 0.1) is 34.6 Å². The van der Waals surface area contributed by atoms with Crippen LogP contribution in [0.25, 0.3) is 77.5 Å². The molecule has 0 aliphatic carbocycles. The van der Waals surface area contributed by atoms with Gasteiger partial charge < -0.3 is 14.6 Å². The third-order valence-corrected chi connectivity index (χ3v) is 24.7. The maximum absolute atomic E-state index is 13.8. The Hall–Kier alpha value is -14.3. The van der Waals surface area contributed by atoms with Crippen LogP contribution in [0.2, 0.25) is 0 Å². The molecule has 6 aliphatic rings. The Morgan fingerprint density at radius 3 is 1.16 bits per heavy atom. The summed E-state index contributed by atoms with van der Waals surface area (Å²) in [4.78, 5) is 123. The van der Waals surface area contributed by atoms with E-state index in [9.17, 15) is 24.0 Å². The van der Waals surface area contributed by atoms with Gasteiger partial charge in [0.2, 0.25) is 29.5 Å². The van der Waals surface area contributed by atoms with Gasteiger partial charge in [-0.05, 0) is 239 Å². The zero-order chi connectivity index (χ0) is 85.7. The number of rotatable bonds is 9. The van der Waals surface area contributed by atoms with Gasteiger partial charge in [0.25, 0.3) is 0 Å². The van der Waals surface area contributed by atoms with E-state index in [1.165, 1.54) is 0 Å². The molecule has 0 spiro atoms. The fraction of sp³-hybridized carbons (Fsp3) is 0.260. The zero-order valence-corrected chi connectivity index (χ0v) is 71.0. The Kier molecular flexibility index (Phi) is 18.8. The second-order valence-corrected chi connectivity index (χ2v) is 34.6. The molecule has 6 aliphatic heterocycles. The highest BCUT2D eigenvalue weighted by atomic mass is 16.5. The molecule has 5 amide bonds. The van der Waals surface area contributed by atoms with Crippen molar-refractivity contribution in [2.24, 2.45) is 14.1 Å². The Morgan fingerprint density at radius 2 is 0.730 bits per heavy atom. The number of hydrogen-bond acceptors (Lipinski definition) is 18. The summed E-state index contributed by atoms with van der Waals surface area (Å²) in [5.74, 6) is 4.27. The summed E-state index contributed by atoms with van der Waals surface area (Å²) in [5, 5.41) is 11.8. The van der Waals surface area contributed by atoms with Crippen LogP contribution in [-0.4, -0.2) is 123 Å². The third-order valence-electron chi connectivity index (χ3n) is 24.7. The molecule has 15 aromatic rings. The number of H-pyrrole nitrogens is 1. The molecule has 610 valence electrons. The molecule has 26 nitrogen and oxygen atoms in total. The van der Waals surface area contributed by atoms with Gasteiger partial charge in [-0.15, -0.1) is 0 Å². The number of fused-ring (bicyclic) bond motifs is 8. The van der Waals surface area contributed by atoms with Gasteiger partial charge in [-0.1, -0.05) is 54.6 Å². The lowest BCUT2D eigenvalue weighted by Crippen LogP contribution is -2.52. The second kappa shape index (κ2) is 29.0. The number of nitrogens with one attached hydrogen (secondary N) is 1. The van der Waals surface area contributed by atoms with E-state index in [0.29, 0.717) is 30.7 Å². The van der Waals surface area contributed by atoms with Gasteiger partial charge in [0.05, 0.1) is 104 Å². The van der Waals surface area contributed by atoms with E-state index in [1.54, 1.807) is 56.6 Å². The summed E-state index contributed by atoms with van der Waals surface area (Å²) in [6.07, 6.45) is 18.1. The van der Waals surface area contributed by atoms with Crippen molar-refractivity contribution in [2.45, 2.75) is 137 Å². The highest BCUT2D eigenvalue weighted by Crippen LogP contribution is 2.54. The number of aryl methyl sites for hydroxylation is 7. The molecule has 26 heteroatoms. The van der Waals surface area contributed by atoms with E-state index < -0.39 is 27.1 Å². The first kappa shape index (κ1) is 78.9. The molecule has 1 saturated heterocycles. The molecule has 15 heterocycles. The number of carbonyl (C=O) groups is 5. The largest absolute Gasteiger partial charge is 0.377 e. The standard InChI is InChI=1S/C28H28N4O3.C23H22N6O.C23H21N5O.C22H19N5O/c1-16-29-12-18(13-30-16)17-6-8-21-23(10-17)31(25(33)27(21,2)3)19-7-9-22-24(11-19)32(20-14-35-15-20)26(34)28(22,4)5;1-13-17-7-9-20(26-21(17)28(5)27-13)29-19-10-15(16-11-24-14(2)25-12-16)6-8-18(19)23(3,4)22(29)30;1-14-24-11-17(12-25-14)15-6-8-19-21(9-15)28(22(29)23(19,2)3)18-7-5-16-13-26-27(4)20(16)10-18;1-13-24-11-16(12-25-13)15-4-6-17-18(10-15)27(21(28)22(17,2)3)19-7-5-14-8-9-23-20(14)26-19/h6-13,20H,14-15H2,1-5H3;6-12H,1-5H3;5-13H,1-4H3;4-12H,1-3H3,(H,23,26). The molecule has 6 aromatic carbocycles. The first-order chi connectivity index (χ1) is 58.2. The summed E-state index contributed by atoms with van der Waals surface area (Å²) < 4.78 is 8.97. The lowest BCUT2D eigenvalue weighted by molar-refractivity contribution is -0.125. The number of aromatic nitrogens is 15. The van der Waals surface area contributed by atoms with Gasteiger partial charge in [0, 0.05) is 108 Å². The third kappa shape index (κ3) is 13.0. The maximum Gasteiger partial charge on any atom is 0.242 e. The van der Waals surface area contributed by atoms with E-state index in [4.69, 9.17) is 9.72 Å². The van der Waals surface area contributed by atoms with Gasteiger partial charge in [-0.3, -0.25) is 52.9 Å². The minimum Gasteiger partial charge on any atom is -0.377 e. The Morgan fingerprint density at radius 1 is 0.361 bits per heavy atom. The van der Waals surface area contributed by atoms with Crippen molar-refractivity contribution in [1.82, 2.24) is 74.4 Å². The van der Waals surface area contributed by atoms with Crippen molar-refractivity contribution < 1.29 is 28.7 Å². The number of aromatic amines is 1. The van der Waals surface area contributed by atoms with Crippen LogP contribution >= 0.6 is 0 Å². The normalized spacial score (nSPS) is 16.6. The Labute approximate surface area is 704 Å². The van der Waals surface area contributed by atoms with Gasteiger partial charge in [0.1, 0.15) is 40.6 Å². The van der Waals surface area contributed by atoms with Crippen molar-refractivity contribution >= 4 is 114 Å². The molecule has 1 N–H and O–H groups in total. The lowest BCUT2D eigenvalue weighted by atomic mass is 9.85. The van der Waals surface area contributed by atoms with Crippen LogP contribution in [0.1, 0.15) is 126 Å². The van der Waals surface area contributed by atoms with Crippen molar-refractivity contribution in [1.29, 1.82) is 0 Å². The average Bonchev–Trinajstić information content (AvgIpc) is 1.69. The molecule has 0 unspecified atom stereocenters. The number of carbonyl (C=O) groups excluding carboxylic acids is 5. The molecule has 9 aromatic heterocycles. The van der Waals surface area contributed by atoms with Gasteiger partial charge in [-0.25, -0.2) is 49.8 Å². The molecule has 0 bridgehead atoms. The predicted molar refractivity (Wildman–Crippen MR) is 471 cm³/mol. The first-order valence-corrected chi connectivity index (χ1v) is 40.5. The van der Waals surface area contributed by atoms with Crippen LogP contribution < -0.4 is 24.5 Å². The van der Waals surface area contributed by atoms with Gasteiger partial charge in [0.15, 0.2) is 5.65 Å². The van der Waals surface area contributed by atoms with Crippen LogP contribution in [0.4, 0.5) is 51.4 Å². The number of amides is 5. The number of nitrogens with zero attached hydrogens (tertiary/aromatic N) is 19. The van der Waals surface area contributed by atoms with Crippen LogP contribution in [0.3, 0.4) is 0 Å². The fourth-order valence-corrected chi connectivity index (χ4v) is 17.2. The second-order valence-electron chi connectivity index (χ2n) is 34.6. The molecule has 0 saturated carbocycles. The summed E-state index contributed by atoms with van der Waals surface area (Å²) in [7, 11) is 3.77. The zero-order valence-electron chi connectivity index (χ0n) is 71.0. The lowest BCUT2D eigenvalue weighted by Gasteiger charge is -2.36. The van der Waals surface area contributed by atoms with Gasteiger partial charge in [-0.2, -0.15) is 10.2 Å². The van der Waals surface area contributed by atoms with Gasteiger partial charge >= 0.3 is 0 Å². The number of benzene rings is 6. The highest BCUT2D eigenvalue weighted by Gasteiger charge is 2.52. The smallest absolute Gasteiger partial charge is 0.242 e. The number of hydrogen-bond donors (Lipinski definition) is 1. The van der Waals surface area contributed by atoms with Crippen molar-refractivity contribution in [3.63, 3.8) is 0 Å².